The number of nitrogens with one attached hydrogen (secondary N) is 1. The van der Waals surface area contributed by atoms with E-state index in [0.29, 0.717) is 15.7 Å². The minimum Gasteiger partial charge on any atom is -0.277 e. The van der Waals surface area contributed by atoms with E-state index in [9.17, 15) is 26.3 Å². The van der Waals surface area contributed by atoms with Gasteiger partial charge in [0.25, 0.3) is 0 Å². The molecule has 20 heavy (non-hydrogen) atoms. The Morgan fingerprint density at radius 3 is 1.75 bits per heavy atom. The van der Waals surface area contributed by atoms with Crippen LogP contribution in [0.25, 0.3) is 11.3 Å². The second-order valence-corrected chi connectivity index (χ2v) is 5.05. The molecule has 0 saturated carbocycles. The first-order valence-corrected chi connectivity index (χ1v) is 6.15. The van der Waals surface area contributed by atoms with E-state index in [0.717, 1.165) is 0 Å². The fourth-order valence-corrected chi connectivity index (χ4v) is 2.14. The monoisotopic (exact) mass is 406 g/mol. The average molecular weight is 406 g/mol. The summed E-state index contributed by atoms with van der Waals surface area (Å²) in [5.41, 5.74) is -2.81. The van der Waals surface area contributed by atoms with Gasteiger partial charge in [0.2, 0.25) is 0 Å². The first kappa shape index (κ1) is 15.1. The Morgan fingerprint density at radius 1 is 0.900 bits per heavy atom. The molecule has 0 bridgehead atoms. The standard InChI is InChI=1S/C11H5F6IN2/c12-10(13,14)6-1-5(9-8(18)4-19-20-9)2-7(3-6)11(15,16)17/h1-4H,(H,19,20). The number of rotatable bonds is 1. The van der Waals surface area contributed by atoms with Crippen LogP contribution in [0.5, 0.6) is 0 Å². The number of halogens is 7. The molecule has 0 saturated heterocycles. The third kappa shape index (κ3) is 3.07. The van der Waals surface area contributed by atoms with Crippen LogP contribution < -0.4 is 0 Å². The van der Waals surface area contributed by atoms with Crippen LogP contribution in [0, 0.1) is 3.57 Å². The molecule has 1 aromatic heterocycles. The molecule has 1 N–H and O–H groups in total. The summed E-state index contributed by atoms with van der Waals surface area (Å²) in [7, 11) is 0. The largest absolute Gasteiger partial charge is 0.416 e. The van der Waals surface area contributed by atoms with Gasteiger partial charge in [0.05, 0.1) is 26.6 Å². The van der Waals surface area contributed by atoms with Crippen LogP contribution in [0.1, 0.15) is 11.1 Å². The zero-order valence-corrected chi connectivity index (χ0v) is 11.6. The number of aromatic nitrogens is 2. The third-order valence-electron chi connectivity index (χ3n) is 2.47. The minimum absolute atomic E-state index is 0.0900. The summed E-state index contributed by atoms with van der Waals surface area (Å²) in [4.78, 5) is 0. The van der Waals surface area contributed by atoms with Gasteiger partial charge in [0.1, 0.15) is 0 Å². The van der Waals surface area contributed by atoms with Crippen molar-refractivity contribution in [1.29, 1.82) is 0 Å². The molecule has 0 radical (unpaired) electrons. The molecule has 108 valence electrons. The number of hydrogen-bond donors (Lipinski definition) is 1. The van der Waals surface area contributed by atoms with Crippen molar-refractivity contribution in [2.24, 2.45) is 0 Å². The first-order chi connectivity index (χ1) is 9.09. The summed E-state index contributed by atoms with van der Waals surface area (Å²) >= 11 is 1.77. The maximum Gasteiger partial charge on any atom is 0.416 e. The van der Waals surface area contributed by atoms with E-state index in [1.807, 2.05) is 0 Å². The van der Waals surface area contributed by atoms with E-state index in [-0.39, 0.29) is 17.3 Å². The summed E-state index contributed by atoms with van der Waals surface area (Å²) in [6.07, 6.45) is -8.41. The quantitative estimate of drug-likeness (QED) is 0.539. The molecule has 0 amide bonds. The second-order valence-electron chi connectivity index (χ2n) is 3.89. The van der Waals surface area contributed by atoms with Crippen molar-refractivity contribution in [2.45, 2.75) is 12.4 Å². The van der Waals surface area contributed by atoms with Crippen LogP contribution in [0.15, 0.2) is 24.4 Å². The van der Waals surface area contributed by atoms with Gasteiger partial charge in [-0.3, -0.25) is 5.10 Å². The Hall–Kier alpha value is -1.26. The van der Waals surface area contributed by atoms with Crippen molar-refractivity contribution >= 4 is 22.6 Å². The van der Waals surface area contributed by atoms with Gasteiger partial charge in [0, 0.05) is 5.56 Å². The van der Waals surface area contributed by atoms with Crippen LogP contribution in [0.3, 0.4) is 0 Å². The highest BCUT2D eigenvalue weighted by Gasteiger charge is 2.37. The highest BCUT2D eigenvalue weighted by molar-refractivity contribution is 14.1. The molecule has 1 heterocycles. The predicted octanol–water partition coefficient (Wildman–Crippen LogP) is 4.72. The van der Waals surface area contributed by atoms with Gasteiger partial charge in [-0.05, 0) is 40.8 Å². The number of nitrogens with zero attached hydrogens (tertiary/aromatic N) is 1. The van der Waals surface area contributed by atoms with Crippen LogP contribution >= 0.6 is 22.6 Å². The Balaban J connectivity index is 2.67. The molecule has 0 spiro atoms. The lowest BCUT2D eigenvalue weighted by Gasteiger charge is -2.13. The molecule has 0 fully saturated rings. The highest BCUT2D eigenvalue weighted by atomic mass is 127. The number of H-pyrrole nitrogens is 1. The molecule has 0 unspecified atom stereocenters. The lowest BCUT2D eigenvalue weighted by atomic mass is 10.0. The van der Waals surface area contributed by atoms with E-state index >= 15 is 0 Å². The van der Waals surface area contributed by atoms with Crippen LogP contribution in [0.4, 0.5) is 26.3 Å². The zero-order valence-electron chi connectivity index (χ0n) is 9.40. The van der Waals surface area contributed by atoms with Gasteiger partial charge >= 0.3 is 12.4 Å². The summed E-state index contributed by atoms with van der Waals surface area (Å²) in [6.45, 7) is 0. The van der Waals surface area contributed by atoms with Gasteiger partial charge in [-0.2, -0.15) is 31.4 Å². The SMILES string of the molecule is FC(F)(F)c1cc(-c2[nH]ncc2I)cc(C(F)(F)F)c1. The molecule has 9 heteroatoms. The maximum atomic E-state index is 12.7. The molecule has 0 aliphatic heterocycles. The smallest absolute Gasteiger partial charge is 0.277 e. The Bertz CT molecular complexity index is 596. The molecule has 2 rings (SSSR count). The lowest BCUT2D eigenvalue weighted by Crippen LogP contribution is -2.11. The minimum atomic E-state index is -4.86. The zero-order chi connectivity index (χ0) is 15.1. The van der Waals surface area contributed by atoms with Crippen LogP contribution in [-0.2, 0) is 12.4 Å². The van der Waals surface area contributed by atoms with E-state index in [2.05, 4.69) is 10.2 Å². The van der Waals surface area contributed by atoms with Gasteiger partial charge < -0.3 is 0 Å². The van der Waals surface area contributed by atoms with Gasteiger partial charge in [-0.25, -0.2) is 0 Å². The van der Waals surface area contributed by atoms with E-state index in [1.165, 1.54) is 6.20 Å². The highest BCUT2D eigenvalue weighted by Crippen LogP contribution is 2.38. The van der Waals surface area contributed by atoms with Gasteiger partial charge in [-0.15, -0.1) is 0 Å². The summed E-state index contributed by atoms with van der Waals surface area (Å²) in [5, 5.41) is 5.97. The predicted molar refractivity (Wildman–Crippen MR) is 66.7 cm³/mol. The third-order valence-corrected chi connectivity index (χ3v) is 3.29. The van der Waals surface area contributed by atoms with Crippen molar-refractivity contribution in [2.75, 3.05) is 0 Å². The number of benzene rings is 1. The molecular formula is C11H5F6IN2. The van der Waals surface area contributed by atoms with Crippen molar-refractivity contribution in [3.8, 4) is 11.3 Å². The summed E-state index contributed by atoms with van der Waals surface area (Å²) in [5.74, 6) is 0. The number of hydrogen-bond acceptors (Lipinski definition) is 1. The molecule has 2 aromatic rings. The van der Waals surface area contributed by atoms with Crippen molar-refractivity contribution in [3.63, 3.8) is 0 Å². The van der Waals surface area contributed by atoms with Crippen molar-refractivity contribution < 1.29 is 26.3 Å². The van der Waals surface area contributed by atoms with Gasteiger partial charge in [0.15, 0.2) is 0 Å². The molecule has 0 atom stereocenters. The first-order valence-electron chi connectivity index (χ1n) is 5.08. The Labute approximate surface area is 122 Å². The Kier molecular flexibility index (Phi) is 3.73. The fraction of sp³-hybridized carbons (Fsp3) is 0.182. The maximum absolute atomic E-state index is 12.7. The van der Waals surface area contributed by atoms with Crippen molar-refractivity contribution in [1.82, 2.24) is 10.2 Å². The van der Waals surface area contributed by atoms with Crippen LogP contribution in [0.2, 0.25) is 0 Å². The summed E-state index contributed by atoms with van der Waals surface area (Å²) < 4.78 is 76.5. The van der Waals surface area contributed by atoms with Crippen LogP contribution in [-0.4, -0.2) is 10.2 Å². The number of alkyl halides is 6. The van der Waals surface area contributed by atoms with Crippen molar-refractivity contribution in [3.05, 3.63) is 39.1 Å². The molecule has 0 aliphatic carbocycles. The molecule has 2 nitrogen and oxygen atoms in total. The Morgan fingerprint density at radius 2 is 1.40 bits per heavy atom. The van der Waals surface area contributed by atoms with Gasteiger partial charge in [-0.1, -0.05) is 0 Å². The molecule has 1 aromatic carbocycles. The molecule has 0 aliphatic rings. The lowest BCUT2D eigenvalue weighted by molar-refractivity contribution is -0.143. The summed E-state index contributed by atoms with van der Waals surface area (Å²) in [6, 6.07) is 1.41. The fourth-order valence-electron chi connectivity index (χ4n) is 1.57. The van der Waals surface area contributed by atoms with E-state index < -0.39 is 23.5 Å². The topological polar surface area (TPSA) is 28.7 Å². The second kappa shape index (κ2) is 4.93. The van der Waals surface area contributed by atoms with E-state index in [4.69, 9.17) is 0 Å². The number of aromatic amines is 1. The normalized spacial score (nSPS) is 12.8. The van der Waals surface area contributed by atoms with E-state index in [1.54, 1.807) is 22.6 Å². The average Bonchev–Trinajstić information content (AvgIpc) is 2.72. The molecular weight excluding hydrogens is 401 g/mol.